The van der Waals surface area contributed by atoms with Gasteiger partial charge in [0.15, 0.2) is 0 Å². The first-order valence-electron chi connectivity index (χ1n) is 7.32. The Morgan fingerprint density at radius 3 is 1.52 bits per heavy atom. The minimum atomic E-state index is -1.93. The maximum Gasteiger partial charge on any atom is 0.258 e. The van der Waals surface area contributed by atoms with E-state index in [1.165, 1.54) is 9.79 Å². The van der Waals surface area contributed by atoms with E-state index in [4.69, 9.17) is 55.9 Å². The number of hydrogen-bond acceptors (Lipinski definition) is 2. The zero-order valence-electron chi connectivity index (χ0n) is 14.0. The maximum absolute atomic E-state index is 5.97. The van der Waals surface area contributed by atoms with Crippen molar-refractivity contribution >= 4 is 93.6 Å². The van der Waals surface area contributed by atoms with Gasteiger partial charge >= 0.3 is 0 Å². The Kier molecular flexibility index (Phi) is 16.7. The van der Waals surface area contributed by atoms with Crippen molar-refractivity contribution in [2.45, 2.75) is 22.9 Å². The van der Waals surface area contributed by atoms with E-state index in [0.29, 0.717) is 5.21 Å². The summed E-state index contributed by atoms with van der Waals surface area (Å²) >= 11 is 31.2. The molecule has 2 aromatic rings. The first kappa shape index (κ1) is 26.0. The monoisotopic (exact) mass is 508 g/mol. The number of halogens is 5. The lowest BCUT2D eigenvalue weighted by Crippen LogP contribution is -2.16. The van der Waals surface area contributed by atoms with Gasteiger partial charge in [0.2, 0.25) is 7.42 Å². The molecule has 0 amide bonds. The van der Waals surface area contributed by atoms with Gasteiger partial charge in [0.25, 0.3) is 6.69 Å². The van der Waals surface area contributed by atoms with Crippen molar-refractivity contribution in [1.29, 1.82) is 0 Å². The summed E-state index contributed by atoms with van der Waals surface area (Å²) in [6, 6.07) is 20.3. The molecule has 0 aliphatic rings. The van der Waals surface area contributed by atoms with Crippen LogP contribution < -0.4 is 0 Å². The quantitative estimate of drug-likeness (QED) is 0.172. The van der Waals surface area contributed by atoms with Crippen LogP contribution in [0.2, 0.25) is 13.1 Å². The summed E-state index contributed by atoms with van der Waals surface area (Å²) in [6.07, 6.45) is 0. The van der Waals surface area contributed by atoms with E-state index in [-0.39, 0.29) is 0 Å². The molecule has 0 heterocycles. The second-order valence-electron chi connectivity index (χ2n) is 4.76. The molecule has 9 heteroatoms. The van der Waals surface area contributed by atoms with Gasteiger partial charge in [0.1, 0.15) is 0 Å². The first-order chi connectivity index (χ1) is 11.7. The van der Waals surface area contributed by atoms with E-state index < -0.39 is 14.1 Å². The third-order valence-corrected chi connectivity index (χ3v) is 8.42. The Bertz CT molecular complexity index is 536. The predicted octanol–water partition coefficient (Wildman–Crippen LogP) is 8.16. The Labute approximate surface area is 186 Å². The summed E-state index contributed by atoms with van der Waals surface area (Å²) in [6.45, 7) is 1.84. The highest BCUT2D eigenvalue weighted by Crippen LogP contribution is 2.25. The molecule has 0 radical (unpaired) electrons. The number of thioether (sulfide) groups is 2. The van der Waals surface area contributed by atoms with Gasteiger partial charge in [-0.3, -0.25) is 0 Å². The highest BCUT2D eigenvalue weighted by atomic mass is 35.7. The van der Waals surface area contributed by atoms with Crippen LogP contribution in [0.25, 0.3) is 0 Å². The van der Waals surface area contributed by atoms with Crippen LogP contribution >= 0.6 is 79.4 Å². The molecule has 0 nitrogen and oxygen atoms in total. The predicted molar refractivity (Wildman–Crippen MR) is 128 cm³/mol. The van der Waals surface area contributed by atoms with Gasteiger partial charge in [-0.1, -0.05) is 36.4 Å². The fourth-order valence-electron chi connectivity index (χ4n) is 1.31. The average molecular weight is 511 g/mol. The molecule has 0 N–H and O–H groups in total. The Morgan fingerprint density at radius 1 is 0.840 bits per heavy atom. The molecule has 140 valence electrons. The molecular formula is C16H21Cl5S2Si2. The smallest absolute Gasteiger partial charge is 0.151 e. The van der Waals surface area contributed by atoms with Crippen molar-refractivity contribution in [2.75, 3.05) is 10.6 Å². The lowest BCUT2D eigenvalue weighted by atomic mass is 10.4. The summed E-state index contributed by atoms with van der Waals surface area (Å²) in [5, 5.41) is 1.48. The summed E-state index contributed by atoms with van der Waals surface area (Å²) in [7, 11) is -1.19. The normalized spacial score (nSPS) is 10.4. The van der Waals surface area contributed by atoms with Crippen LogP contribution in [-0.4, -0.2) is 24.7 Å². The maximum atomic E-state index is 5.97. The molecule has 0 aromatic heterocycles. The fraction of sp³-hybridized carbons (Fsp3) is 0.250. The molecule has 25 heavy (non-hydrogen) atoms. The Balaban J connectivity index is 0.000000391. The van der Waals surface area contributed by atoms with E-state index in [9.17, 15) is 0 Å². The summed E-state index contributed by atoms with van der Waals surface area (Å²) in [5.41, 5.74) is 0. The highest BCUT2D eigenvalue weighted by molar-refractivity contribution is 8.02. The topological polar surface area (TPSA) is 0 Å². The molecule has 0 bridgehead atoms. The number of alkyl halides is 1. The second kappa shape index (κ2) is 16.0. The van der Waals surface area contributed by atoms with Crippen LogP contribution in [0, 0.1) is 0 Å². The molecule has 2 rings (SSSR count). The van der Waals surface area contributed by atoms with Gasteiger partial charge in [-0.05, 0) is 37.4 Å². The van der Waals surface area contributed by atoms with Gasteiger partial charge < -0.3 is 0 Å². The van der Waals surface area contributed by atoms with E-state index in [1.807, 2.05) is 61.6 Å². The van der Waals surface area contributed by atoms with E-state index in [0.717, 1.165) is 5.38 Å². The van der Waals surface area contributed by atoms with Gasteiger partial charge in [-0.15, -0.1) is 57.3 Å². The molecule has 0 fully saturated rings. The number of hydrogen-bond donors (Lipinski definition) is 0. The molecular weight excluding hydrogens is 490 g/mol. The Morgan fingerprint density at radius 2 is 1.20 bits per heavy atom. The van der Waals surface area contributed by atoms with E-state index >= 15 is 0 Å². The van der Waals surface area contributed by atoms with Crippen molar-refractivity contribution in [1.82, 2.24) is 0 Å². The largest absolute Gasteiger partial charge is 0.258 e. The molecule has 0 saturated carbocycles. The molecule has 0 aliphatic carbocycles. The van der Waals surface area contributed by atoms with Crippen LogP contribution in [0.3, 0.4) is 0 Å². The lowest BCUT2D eigenvalue weighted by Gasteiger charge is -2.08. The van der Waals surface area contributed by atoms with Gasteiger partial charge in [-0.25, -0.2) is 0 Å². The lowest BCUT2D eigenvalue weighted by molar-refractivity contribution is 1.47. The molecule has 0 spiro atoms. The summed E-state index contributed by atoms with van der Waals surface area (Å²) < 4.78 is 0. The van der Waals surface area contributed by atoms with E-state index in [2.05, 4.69) is 12.1 Å². The van der Waals surface area contributed by atoms with Crippen LogP contribution in [0.5, 0.6) is 0 Å². The summed E-state index contributed by atoms with van der Waals surface area (Å²) in [4.78, 5) is 2.46. The number of benzene rings is 2. The zero-order chi connectivity index (χ0) is 19.1. The van der Waals surface area contributed by atoms with Crippen LogP contribution in [0.1, 0.15) is 0 Å². The molecule has 0 aliphatic heterocycles. The minimum absolute atomic E-state index is 0.629. The first-order valence-corrected chi connectivity index (χ1v) is 19.2. The minimum Gasteiger partial charge on any atom is -0.151 e. The van der Waals surface area contributed by atoms with Crippen molar-refractivity contribution in [2.24, 2.45) is 0 Å². The average Bonchev–Trinajstić information content (AvgIpc) is 2.55. The summed E-state index contributed by atoms with van der Waals surface area (Å²) in [5.74, 6) is 0. The van der Waals surface area contributed by atoms with Crippen molar-refractivity contribution < 1.29 is 0 Å². The van der Waals surface area contributed by atoms with Gasteiger partial charge in [-0.2, -0.15) is 22.2 Å². The van der Waals surface area contributed by atoms with Crippen molar-refractivity contribution in [3.05, 3.63) is 60.7 Å². The third-order valence-electron chi connectivity index (χ3n) is 2.20. The molecule has 0 unspecified atom stereocenters. The van der Waals surface area contributed by atoms with Crippen molar-refractivity contribution in [3.63, 3.8) is 0 Å². The third kappa shape index (κ3) is 19.6. The molecule has 2 aromatic carbocycles. The van der Waals surface area contributed by atoms with Gasteiger partial charge in [0.05, 0.1) is 5.21 Å². The zero-order valence-corrected chi connectivity index (χ0v) is 21.5. The van der Waals surface area contributed by atoms with Crippen LogP contribution in [0.15, 0.2) is 70.5 Å². The fourth-order valence-corrected chi connectivity index (χ4v) is 5.17. The van der Waals surface area contributed by atoms with Crippen LogP contribution in [0.4, 0.5) is 0 Å². The van der Waals surface area contributed by atoms with Gasteiger partial charge in [0, 0.05) is 15.2 Å². The molecule has 0 saturated heterocycles. The second-order valence-corrected chi connectivity index (χ2v) is 21.7. The number of rotatable bonds is 5. The van der Waals surface area contributed by atoms with Crippen LogP contribution in [-0.2, 0) is 0 Å². The Hall–Kier alpha value is 1.02. The standard InChI is InChI=1S/C8H10Cl2SSi.C7H7ClS.CH4Cl2Si/c1-12(9,10)7-11-8-5-3-2-4-6-8;8-6-9-7-4-2-1-3-5-7;1-4(2)3/h2-6H,7H2,1H3;1-5H,6H2;4H,1H3. The SMILES string of the molecule is C[SiH](Cl)Cl.C[Si](Cl)(Cl)CSc1ccccc1.ClCSc1ccccc1. The highest BCUT2D eigenvalue weighted by Gasteiger charge is 2.20. The van der Waals surface area contributed by atoms with E-state index in [1.54, 1.807) is 23.5 Å². The molecule has 0 atom stereocenters. The van der Waals surface area contributed by atoms with Crippen molar-refractivity contribution in [3.8, 4) is 0 Å².